The van der Waals surface area contributed by atoms with Gasteiger partial charge in [0, 0.05) is 41.9 Å². The van der Waals surface area contributed by atoms with Crippen LogP contribution in [0.1, 0.15) is 47.7 Å². The fraction of sp³-hybridized carbons (Fsp3) is 0.220. The maximum absolute atomic E-state index is 9.80. The van der Waals surface area contributed by atoms with Crippen molar-refractivity contribution in [3.05, 3.63) is 138 Å². The molecule has 2 heterocycles. The number of nitrogens with one attached hydrogen (secondary N) is 1. The molecule has 0 saturated carbocycles. The number of aliphatic hydroxyl groups excluding tert-OH is 1. The van der Waals surface area contributed by atoms with Crippen molar-refractivity contribution in [3.63, 3.8) is 0 Å². The Labute approximate surface area is 298 Å². The molecule has 0 amide bonds. The number of nitrogens with zero attached hydrogens (tertiary/aromatic N) is 4. The summed E-state index contributed by atoms with van der Waals surface area (Å²) in [5, 5.41) is 32.4. The van der Waals surface area contributed by atoms with Crippen molar-refractivity contribution in [3.8, 4) is 45.8 Å². The third-order valence-electron chi connectivity index (χ3n) is 8.46. The Kier molecular flexibility index (Phi) is 12.5. The molecule has 0 bridgehead atoms. The lowest BCUT2D eigenvalue weighted by molar-refractivity contribution is 0.274. The van der Waals surface area contributed by atoms with Crippen molar-refractivity contribution in [2.24, 2.45) is 0 Å². The summed E-state index contributed by atoms with van der Waals surface area (Å²) in [4.78, 5) is 18.1. The van der Waals surface area contributed by atoms with Crippen LogP contribution in [-0.2, 0) is 6.42 Å². The molecule has 2 aromatic heterocycles. The molecule has 6 rings (SSSR count). The standard InChI is InChI=1S/C22H24N2O3.C19H19N3O2/c1-15-14-23-22(18-8-9-20(26)21(13-18)27-2)24-19(15)12-17(10-11-25)16-6-4-3-5-7-16;1-13(14-6-4-3-5-7-14)21-18-10-11-20-19(22-18)15-8-9-16(23)17(12-15)24-2/h3-9,13-14,17,25-26H,10-12H2,1-2H3;3-13,23H,1-2H3,(H,20,21,22)/t;13-/m.0/s1. The van der Waals surface area contributed by atoms with E-state index in [1.165, 1.54) is 25.3 Å². The highest BCUT2D eigenvalue weighted by atomic mass is 16.5. The van der Waals surface area contributed by atoms with Gasteiger partial charge in [-0.25, -0.2) is 19.9 Å². The molecule has 0 fully saturated rings. The van der Waals surface area contributed by atoms with E-state index >= 15 is 0 Å². The monoisotopic (exact) mass is 685 g/mol. The molecule has 10 nitrogen and oxygen atoms in total. The van der Waals surface area contributed by atoms with Crippen molar-refractivity contribution >= 4 is 5.82 Å². The van der Waals surface area contributed by atoms with E-state index in [2.05, 4.69) is 51.5 Å². The number of aliphatic hydroxyl groups is 1. The number of hydrogen-bond donors (Lipinski definition) is 4. The topological polar surface area (TPSA) is 143 Å². The summed E-state index contributed by atoms with van der Waals surface area (Å²) in [6.45, 7) is 4.21. The molecule has 2 atom stereocenters. The van der Waals surface area contributed by atoms with Gasteiger partial charge >= 0.3 is 0 Å². The molecular formula is C41H43N5O5. The number of anilines is 1. The Hall–Kier alpha value is -6.00. The number of phenolic OH excluding ortho intramolecular Hbond substituents is 2. The minimum atomic E-state index is 0.0840. The molecule has 6 aromatic rings. The summed E-state index contributed by atoms with van der Waals surface area (Å²) < 4.78 is 10.3. The lowest BCUT2D eigenvalue weighted by atomic mass is 9.90. The lowest BCUT2D eigenvalue weighted by Crippen LogP contribution is -2.09. The Morgan fingerprint density at radius 1 is 0.706 bits per heavy atom. The SMILES string of the molecule is COc1cc(-c2ncc(C)c(CC(CCO)c3ccccc3)n2)ccc1O.COc1cc(-c2nccc(N[C@@H](C)c3ccccc3)n2)ccc1O. The first-order chi connectivity index (χ1) is 24.8. The minimum absolute atomic E-state index is 0.0840. The molecular weight excluding hydrogens is 642 g/mol. The third kappa shape index (κ3) is 9.58. The summed E-state index contributed by atoms with van der Waals surface area (Å²) in [7, 11) is 3.03. The van der Waals surface area contributed by atoms with Gasteiger partial charge in [-0.2, -0.15) is 0 Å². The summed E-state index contributed by atoms with van der Waals surface area (Å²) in [5.41, 5.74) is 5.91. The van der Waals surface area contributed by atoms with Crippen molar-refractivity contribution in [2.75, 3.05) is 26.1 Å². The van der Waals surface area contributed by atoms with Crippen molar-refractivity contribution in [1.29, 1.82) is 0 Å². The number of aromatic hydroxyl groups is 2. The van der Waals surface area contributed by atoms with Crippen LogP contribution in [0.25, 0.3) is 22.8 Å². The molecule has 0 aliphatic rings. The maximum atomic E-state index is 9.80. The minimum Gasteiger partial charge on any atom is -0.504 e. The van der Waals surface area contributed by atoms with E-state index < -0.39 is 0 Å². The van der Waals surface area contributed by atoms with Crippen LogP contribution in [0.15, 0.2) is 116 Å². The highest BCUT2D eigenvalue weighted by Gasteiger charge is 2.16. The number of phenols is 2. The van der Waals surface area contributed by atoms with Gasteiger partial charge in [-0.15, -0.1) is 0 Å². The predicted octanol–water partition coefficient (Wildman–Crippen LogP) is 7.91. The third-order valence-corrected chi connectivity index (χ3v) is 8.46. The van der Waals surface area contributed by atoms with E-state index in [1.807, 2.05) is 55.6 Å². The van der Waals surface area contributed by atoms with Gasteiger partial charge in [0.25, 0.3) is 0 Å². The molecule has 0 spiro atoms. The number of benzene rings is 4. The quantitative estimate of drug-likeness (QED) is 0.100. The van der Waals surface area contributed by atoms with Gasteiger partial charge in [-0.3, -0.25) is 0 Å². The molecule has 4 N–H and O–H groups in total. The first-order valence-corrected chi connectivity index (χ1v) is 16.7. The summed E-state index contributed by atoms with van der Waals surface area (Å²) in [6, 6.07) is 32.5. The molecule has 10 heteroatoms. The lowest BCUT2D eigenvalue weighted by Gasteiger charge is -2.17. The summed E-state index contributed by atoms with van der Waals surface area (Å²) in [6.07, 6.45) is 4.93. The second-order valence-electron chi connectivity index (χ2n) is 12.0. The van der Waals surface area contributed by atoms with Gasteiger partial charge < -0.3 is 30.1 Å². The van der Waals surface area contributed by atoms with Crippen LogP contribution in [0, 0.1) is 6.92 Å². The number of aryl methyl sites for hydroxylation is 1. The Balaban J connectivity index is 0.000000199. The van der Waals surface area contributed by atoms with Crippen molar-refractivity contribution in [1.82, 2.24) is 19.9 Å². The van der Waals surface area contributed by atoms with Gasteiger partial charge in [0.05, 0.1) is 14.2 Å². The Morgan fingerprint density at radius 2 is 1.27 bits per heavy atom. The molecule has 0 radical (unpaired) electrons. The van der Waals surface area contributed by atoms with Gasteiger partial charge in [-0.1, -0.05) is 60.7 Å². The van der Waals surface area contributed by atoms with Gasteiger partial charge in [0.2, 0.25) is 0 Å². The zero-order valence-corrected chi connectivity index (χ0v) is 29.2. The molecule has 0 aliphatic heterocycles. The molecule has 0 aliphatic carbocycles. The van der Waals surface area contributed by atoms with Gasteiger partial charge in [0.15, 0.2) is 34.6 Å². The summed E-state index contributed by atoms with van der Waals surface area (Å²) in [5.74, 6) is 3.04. The second-order valence-corrected chi connectivity index (χ2v) is 12.0. The van der Waals surface area contributed by atoms with Crippen LogP contribution in [0.3, 0.4) is 0 Å². The highest BCUT2D eigenvalue weighted by Crippen LogP contribution is 2.32. The van der Waals surface area contributed by atoms with E-state index in [-0.39, 0.29) is 30.1 Å². The highest BCUT2D eigenvalue weighted by molar-refractivity contribution is 5.62. The number of ether oxygens (including phenoxy) is 2. The largest absolute Gasteiger partial charge is 0.504 e. The Bertz CT molecular complexity index is 2010. The van der Waals surface area contributed by atoms with Crippen LogP contribution >= 0.6 is 0 Å². The van der Waals surface area contributed by atoms with Crippen molar-refractivity contribution < 1.29 is 24.8 Å². The molecule has 1 unspecified atom stereocenters. The van der Waals surface area contributed by atoms with E-state index in [1.54, 1.807) is 42.6 Å². The van der Waals surface area contributed by atoms with Crippen LogP contribution in [0.4, 0.5) is 5.82 Å². The first-order valence-electron chi connectivity index (χ1n) is 16.7. The normalized spacial score (nSPS) is 11.9. The van der Waals surface area contributed by atoms with E-state index in [9.17, 15) is 15.3 Å². The van der Waals surface area contributed by atoms with Crippen molar-refractivity contribution in [2.45, 2.75) is 38.6 Å². The first kappa shape index (κ1) is 36.3. The molecule has 0 saturated heterocycles. The second kappa shape index (κ2) is 17.6. The average molecular weight is 686 g/mol. The van der Waals surface area contributed by atoms with E-state index in [0.717, 1.165) is 34.6 Å². The van der Waals surface area contributed by atoms with Crippen LogP contribution < -0.4 is 14.8 Å². The zero-order chi connectivity index (χ0) is 36.2. The fourth-order valence-corrected chi connectivity index (χ4v) is 5.58. The maximum Gasteiger partial charge on any atom is 0.161 e. The number of hydrogen-bond acceptors (Lipinski definition) is 10. The predicted molar refractivity (Wildman–Crippen MR) is 199 cm³/mol. The Morgan fingerprint density at radius 3 is 1.84 bits per heavy atom. The number of methoxy groups -OCH3 is 2. The van der Waals surface area contributed by atoms with Crippen LogP contribution in [0.5, 0.6) is 23.0 Å². The molecule has 51 heavy (non-hydrogen) atoms. The van der Waals surface area contributed by atoms with E-state index in [0.29, 0.717) is 29.6 Å². The fourth-order valence-electron chi connectivity index (χ4n) is 5.58. The van der Waals surface area contributed by atoms with E-state index in [4.69, 9.17) is 14.5 Å². The molecule has 4 aromatic carbocycles. The summed E-state index contributed by atoms with van der Waals surface area (Å²) >= 11 is 0. The van der Waals surface area contributed by atoms with Gasteiger partial charge in [0.1, 0.15) is 5.82 Å². The number of aromatic nitrogens is 4. The molecule has 262 valence electrons. The van der Waals surface area contributed by atoms with Gasteiger partial charge in [-0.05, 0) is 91.8 Å². The van der Waals surface area contributed by atoms with Crippen LogP contribution in [0.2, 0.25) is 0 Å². The smallest absolute Gasteiger partial charge is 0.161 e. The average Bonchev–Trinajstić information content (AvgIpc) is 3.17. The number of rotatable bonds is 12. The zero-order valence-electron chi connectivity index (χ0n) is 29.2. The van der Waals surface area contributed by atoms with Crippen LogP contribution in [-0.4, -0.2) is 56.1 Å².